The molecule has 0 aromatic carbocycles. The van der Waals surface area contributed by atoms with Gasteiger partial charge in [0.1, 0.15) is 17.0 Å². The second-order valence-electron chi connectivity index (χ2n) is 6.43. The van der Waals surface area contributed by atoms with Crippen molar-refractivity contribution >= 4 is 33.3 Å². The minimum absolute atomic E-state index is 0.0287. The molecule has 1 amide bonds. The monoisotopic (exact) mass is 348 g/mol. The van der Waals surface area contributed by atoms with Gasteiger partial charge in [-0.3, -0.25) is 4.79 Å². The number of nitrogens with zero attached hydrogens (tertiary/aromatic N) is 3. The van der Waals surface area contributed by atoms with E-state index in [4.69, 9.17) is 4.74 Å². The molecule has 130 valence electrons. The van der Waals surface area contributed by atoms with Crippen molar-refractivity contribution in [1.29, 1.82) is 0 Å². The molecule has 2 aromatic rings. The Bertz CT molecular complexity index is 731. The van der Waals surface area contributed by atoms with Gasteiger partial charge in [-0.25, -0.2) is 9.97 Å². The molecule has 0 bridgehead atoms. The fourth-order valence-electron chi connectivity index (χ4n) is 3.19. The molecule has 1 N–H and O–H groups in total. The van der Waals surface area contributed by atoms with Gasteiger partial charge in [-0.2, -0.15) is 0 Å². The van der Waals surface area contributed by atoms with E-state index >= 15 is 0 Å². The van der Waals surface area contributed by atoms with Crippen molar-refractivity contribution in [3.05, 3.63) is 16.8 Å². The molecule has 1 aliphatic carbocycles. The summed E-state index contributed by atoms with van der Waals surface area (Å²) in [6, 6.07) is 0. The van der Waals surface area contributed by atoms with Gasteiger partial charge < -0.3 is 15.0 Å². The molecular formula is C17H24N4O2S. The summed E-state index contributed by atoms with van der Waals surface area (Å²) in [6.07, 6.45) is 5.00. The van der Waals surface area contributed by atoms with Crippen LogP contribution in [0, 0.1) is 5.92 Å². The number of likely N-dealkylation sites (N-methyl/N-ethyl adjacent to an activating group) is 1. The van der Waals surface area contributed by atoms with E-state index in [2.05, 4.69) is 22.2 Å². The number of carbonyl (C=O) groups is 1. The third-order valence-corrected chi connectivity index (χ3v) is 5.60. The van der Waals surface area contributed by atoms with E-state index in [0.29, 0.717) is 13.2 Å². The highest BCUT2D eigenvalue weighted by Crippen LogP contribution is 2.40. The first kappa shape index (κ1) is 17.1. The van der Waals surface area contributed by atoms with Crippen LogP contribution in [0.2, 0.25) is 0 Å². The summed E-state index contributed by atoms with van der Waals surface area (Å²) in [5, 5.41) is 3.98. The fourth-order valence-corrected chi connectivity index (χ4v) is 4.53. The maximum Gasteiger partial charge on any atom is 0.239 e. The van der Waals surface area contributed by atoms with Gasteiger partial charge in [0.15, 0.2) is 0 Å². The first-order valence-electron chi connectivity index (χ1n) is 8.32. The topological polar surface area (TPSA) is 67.3 Å². The molecule has 0 spiro atoms. The van der Waals surface area contributed by atoms with Crippen LogP contribution < -0.4 is 10.2 Å². The molecule has 1 atom stereocenters. The number of hydrogen-bond acceptors (Lipinski definition) is 6. The minimum atomic E-state index is -0.0287. The van der Waals surface area contributed by atoms with Crippen LogP contribution >= 0.6 is 11.3 Å². The first-order valence-corrected chi connectivity index (χ1v) is 9.13. The van der Waals surface area contributed by atoms with E-state index in [9.17, 15) is 4.79 Å². The second-order valence-corrected chi connectivity index (χ2v) is 7.51. The first-order chi connectivity index (χ1) is 11.6. The summed E-state index contributed by atoms with van der Waals surface area (Å²) in [5.41, 5.74) is 1.38. The van der Waals surface area contributed by atoms with E-state index in [1.807, 2.05) is 11.9 Å². The van der Waals surface area contributed by atoms with Gasteiger partial charge in [-0.1, -0.05) is 6.92 Å². The molecule has 6 nitrogen and oxygen atoms in total. The summed E-state index contributed by atoms with van der Waals surface area (Å²) in [7, 11) is 3.53. The number of aromatic nitrogens is 2. The summed E-state index contributed by atoms with van der Waals surface area (Å²) in [6.45, 7) is 3.62. The lowest BCUT2D eigenvalue weighted by Crippen LogP contribution is -2.37. The molecule has 0 radical (unpaired) electrons. The van der Waals surface area contributed by atoms with Gasteiger partial charge in [0, 0.05) is 25.6 Å². The van der Waals surface area contributed by atoms with E-state index in [0.717, 1.165) is 34.8 Å². The number of nitrogens with one attached hydrogen (secondary N) is 1. The van der Waals surface area contributed by atoms with Crippen LogP contribution in [0.25, 0.3) is 10.2 Å². The number of methoxy groups -OCH3 is 1. The van der Waals surface area contributed by atoms with Crippen LogP contribution in [0.4, 0.5) is 5.82 Å². The predicted octanol–water partition coefficient (Wildman–Crippen LogP) is 2.01. The van der Waals surface area contributed by atoms with Crippen molar-refractivity contribution in [2.75, 3.05) is 38.8 Å². The second kappa shape index (κ2) is 7.44. The molecule has 3 rings (SSSR count). The average molecular weight is 348 g/mol. The van der Waals surface area contributed by atoms with Crippen molar-refractivity contribution in [3.8, 4) is 0 Å². The number of thiophene rings is 1. The molecule has 2 aromatic heterocycles. The van der Waals surface area contributed by atoms with E-state index in [-0.39, 0.29) is 12.5 Å². The third-order valence-electron chi connectivity index (χ3n) is 4.44. The van der Waals surface area contributed by atoms with Crippen LogP contribution in [0.3, 0.4) is 0 Å². The lowest BCUT2D eigenvalue weighted by atomic mass is 9.89. The lowest BCUT2D eigenvalue weighted by Gasteiger charge is -2.21. The predicted molar refractivity (Wildman–Crippen MR) is 96.8 cm³/mol. The standard InChI is InChI=1S/C17H24N4O2S/c1-11-4-5-12-13(8-11)24-17-15(12)16(19-10-20-17)21(2)9-14(22)18-6-7-23-3/h10-11H,4-9H2,1-3H3,(H,18,22). The molecule has 24 heavy (non-hydrogen) atoms. The highest BCUT2D eigenvalue weighted by Gasteiger charge is 2.24. The molecular weight excluding hydrogens is 324 g/mol. The molecule has 0 saturated carbocycles. The quantitative estimate of drug-likeness (QED) is 0.809. The van der Waals surface area contributed by atoms with Gasteiger partial charge in [-0.15, -0.1) is 11.3 Å². The molecule has 0 saturated heterocycles. The summed E-state index contributed by atoms with van der Waals surface area (Å²) < 4.78 is 4.95. The van der Waals surface area contributed by atoms with Crippen molar-refractivity contribution in [2.45, 2.75) is 26.2 Å². The van der Waals surface area contributed by atoms with E-state index in [1.165, 1.54) is 16.9 Å². The van der Waals surface area contributed by atoms with Crippen molar-refractivity contribution in [1.82, 2.24) is 15.3 Å². The zero-order valence-electron chi connectivity index (χ0n) is 14.5. The van der Waals surface area contributed by atoms with E-state index < -0.39 is 0 Å². The van der Waals surface area contributed by atoms with Gasteiger partial charge in [0.05, 0.1) is 18.5 Å². The van der Waals surface area contributed by atoms with Gasteiger partial charge >= 0.3 is 0 Å². The highest BCUT2D eigenvalue weighted by molar-refractivity contribution is 7.19. The van der Waals surface area contributed by atoms with Gasteiger partial charge in [-0.05, 0) is 30.7 Å². The molecule has 1 aliphatic rings. The van der Waals surface area contributed by atoms with Gasteiger partial charge in [0.25, 0.3) is 0 Å². The summed E-state index contributed by atoms with van der Waals surface area (Å²) in [4.78, 5) is 25.4. The maximum atomic E-state index is 12.1. The maximum absolute atomic E-state index is 12.1. The Hall–Kier alpha value is -1.73. The molecule has 2 heterocycles. The summed E-state index contributed by atoms with van der Waals surface area (Å²) in [5.74, 6) is 1.55. The van der Waals surface area contributed by atoms with Crippen molar-refractivity contribution in [2.24, 2.45) is 5.92 Å². The van der Waals surface area contributed by atoms with Gasteiger partial charge in [0.2, 0.25) is 5.91 Å². The Kier molecular flexibility index (Phi) is 5.30. The molecule has 0 fully saturated rings. The number of rotatable bonds is 6. The number of aryl methyl sites for hydroxylation is 1. The van der Waals surface area contributed by atoms with E-state index in [1.54, 1.807) is 24.8 Å². The Morgan fingerprint density at radius 1 is 1.50 bits per heavy atom. The molecule has 7 heteroatoms. The third kappa shape index (κ3) is 3.52. The number of fused-ring (bicyclic) bond motifs is 3. The van der Waals surface area contributed by atoms with Crippen molar-refractivity contribution in [3.63, 3.8) is 0 Å². The van der Waals surface area contributed by atoms with Crippen LogP contribution in [0.15, 0.2) is 6.33 Å². The Labute approximate surface area is 146 Å². The lowest BCUT2D eigenvalue weighted by molar-refractivity contribution is -0.119. The Morgan fingerprint density at radius 3 is 3.12 bits per heavy atom. The minimum Gasteiger partial charge on any atom is -0.383 e. The number of amides is 1. The van der Waals surface area contributed by atoms with Crippen LogP contribution in [-0.2, 0) is 22.4 Å². The number of anilines is 1. The number of ether oxygens (including phenoxy) is 1. The number of carbonyl (C=O) groups excluding carboxylic acids is 1. The molecule has 1 unspecified atom stereocenters. The van der Waals surface area contributed by atoms with Crippen LogP contribution in [-0.4, -0.2) is 49.7 Å². The average Bonchev–Trinajstić information content (AvgIpc) is 2.92. The SMILES string of the molecule is COCCNC(=O)CN(C)c1ncnc2sc3c(c12)CCC(C)C3. The fraction of sp³-hybridized carbons (Fsp3) is 0.588. The highest BCUT2D eigenvalue weighted by atomic mass is 32.1. The smallest absolute Gasteiger partial charge is 0.239 e. The Balaban J connectivity index is 1.82. The summed E-state index contributed by atoms with van der Waals surface area (Å²) >= 11 is 1.78. The Morgan fingerprint density at radius 2 is 2.33 bits per heavy atom. The zero-order valence-corrected chi connectivity index (χ0v) is 15.3. The van der Waals surface area contributed by atoms with Crippen LogP contribution in [0.5, 0.6) is 0 Å². The largest absolute Gasteiger partial charge is 0.383 e. The molecule has 0 aliphatic heterocycles. The van der Waals surface area contributed by atoms with Crippen molar-refractivity contribution < 1.29 is 9.53 Å². The zero-order chi connectivity index (χ0) is 17.1. The normalized spacial score (nSPS) is 16.9. The van der Waals surface area contributed by atoms with Crippen LogP contribution in [0.1, 0.15) is 23.8 Å². The number of hydrogen-bond donors (Lipinski definition) is 1.